The fourth-order valence-electron chi connectivity index (χ4n) is 4.67. The molecule has 1 atom stereocenters. The Balaban J connectivity index is 1.64. The minimum Gasteiger partial charge on any atom is -0.323 e. The van der Waals surface area contributed by atoms with E-state index in [0.29, 0.717) is 45.1 Å². The summed E-state index contributed by atoms with van der Waals surface area (Å²) in [5.41, 5.74) is 1.35. The number of para-hydroxylation sites is 1. The molecule has 9 heteroatoms. The van der Waals surface area contributed by atoms with Gasteiger partial charge in [0.05, 0.1) is 11.3 Å². The summed E-state index contributed by atoms with van der Waals surface area (Å²) in [5, 5.41) is 3.85. The normalized spacial score (nSPS) is 15.5. The summed E-state index contributed by atoms with van der Waals surface area (Å²) in [5.74, 6) is -0.752. The van der Waals surface area contributed by atoms with Crippen LogP contribution in [0.1, 0.15) is 27.9 Å². The molecule has 0 bridgehead atoms. The first kappa shape index (κ1) is 24.9. The van der Waals surface area contributed by atoms with Crippen molar-refractivity contribution in [3.05, 3.63) is 93.5 Å². The number of halogens is 1. The van der Waals surface area contributed by atoms with Crippen LogP contribution in [0.15, 0.2) is 65.5 Å². The quantitative estimate of drug-likeness (QED) is 0.382. The summed E-state index contributed by atoms with van der Waals surface area (Å²) in [6, 6.07) is 16.4. The van der Waals surface area contributed by atoms with Crippen LogP contribution in [-0.4, -0.2) is 59.4 Å². The zero-order chi connectivity index (χ0) is 26.3. The van der Waals surface area contributed by atoms with E-state index >= 15 is 0 Å². The van der Waals surface area contributed by atoms with E-state index in [-0.39, 0.29) is 29.0 Å². The molecule has 2 aromatic heterocycles. The molecule has 1 saturated heterocycles. The summed E-state index contributed by atoms with van der Waals surface area (Å²) in [6.45, 7) is 2.79. The minimum atomic E-state index is -0.400. The van der Waals surface area contributed by atoms with Crippen molar-refractivity contribution < 1.29 is 14.0 Å². The third-order valence-corrected chi connectivity index (χ3v) is 7.91. The van der Waals surface area contributed by atoms with Gasteiger partial charge in [-0.25, -0.2) is 9.18 Å². The van der Waals surface area contributed by atoms with Crippen LogP contribution in [0.4, 0.5) is 14.2 Å². The third kappa shape index (κ3) is 4.68. The third-order valence-electron chi connectivity index (χ3n) is 6.80. The van der Waals surface area contributed by atoms with Crippen molar-refractivity contribution in [3.63, 3.8) is 0 Å². The zero-order valence-corrected chi connectivity index (χ0v) is 21.6. The number of amides is 2. The maximum absolute atomic E-state index is 13.9. The number of urea groups is 1. The van der Waals surface area contributed by atoms with Gasteiger partial charge in [0.1, 0.15) is 15.6 Å². The SMILES string of the molecule is Cc1cc(C(=O)c2c(NC(=O)N3CC[C@@H](N(C)C)C3)sc3c2ccc(=O)n3-c2ccccc2)ccc1F. The average molecular weight is 519 g/mol. The summed E-state index contributed by atoms with van der Waals surface area (Å²) >= 11 is 1.18. The van der Waals surface area contributed by atoms with Gasteiger partial charge in [0.2, 0.25) is 0 Å². The Morgan fingerprint density at radius 2 is 1.84 bits per heavy atom. The van der Waals surface area contributed by atoms with Crippen molar-refractivity contribution in [2.75, 3.05) is 32.5 Å². The Labute approximate surface area is 217 Å². The smallest absolute Gasteiger partial charge is 0.322 e. The van der Waals surface area contributed by atoms with Crippen molar-refractivity contribution in [1.29, 1.82) is 0 Å². The van der Waals surface area contributed by atoms with Gasteiger partial charge in [-0.3, -0.25) is 19.5 Å². The van der Waals surface area contributed by atoms with Crippen molar-refractivity contribution in [3.8, 4) is 5.69 Å². The monoisotopic (exact) mass is 518 g/mol. The lowest BCUT2D eigenvalue weighted by molar-refractivity contribution is 0.104. The molecule has 7 nitrogen and oxygen atoms in total. The highest BCUT2D eigenvalue weighted by atomic mass is 32.1. The second-order valence-corrected chi connectivity index (χ2v) is 10.4. The van der Waals surface area contributed by atoms with Gasteiger partial charge in [0.25, 0.3) is 5.56 Å². The lowest BCUT2D eigenvalue weighted by Crippen LogP contribution is -2.36. The van der Waals surface area contributed by atoms with Crippen LogP contribution < -0.4 is 10.9 Å². The van der Waals surface area contributed by atoms with Gasteiger partial charge in [-0.2, -0.15) is 0 Å². The number of anilines is 1. The number of carbonyl (C=O) groups is 2. The van der Waals surface area contributed by atoms with Gasteiger partial charge < -0.3 is 9.80 Å². The van der Waals surface area contributed by atoms with Crippen molar-refractivity contribution in [2.24, 2.45) is 0 Å². The highest BCUT2D eigenvalue weighted by Gasteiger charge is 2.30. The number of hydrogen-bond donors (Lipinski definition) is 1. The van der Waals surface area contributed by atoms with E-state index in [2.05, 4.69) is 10.2 Å². The van der Waals surface area contributed by atoms with Crippen LogP contribution in [0.2, 0.25) is 0 Å². The number of rotatable bonds is 5. The molecule has 0 unspecified atom stereocenters. The maximum atomic E-state index is 13.9. The highest BCUT2D eigenvalue weighted by Crippen LogP contribution is 2.38. The molecular formula is C28H27FN4O3S. The number of thiophene rings is 1. The maximum Gasteiger partial charge on any atom is 0.322 e. The molecule has 2 aromatic carbocycles. The number of likely N-dealkylation sites (tertiary alicyclic amines) is 1. The van der Waals surface area contributed by atoms with E-state index in [4.69, 9.17) is 0 Å². The predicted octanol–water partition coefficient (Wildman–Crippen LogP) is 4.90. The second kappa shape index (κ2) is 9.91. The lowest BCUT2D eigenvalue weighted by atomic mass is 10.0. The molecule has 2 amide bonds. The largest absolute Gasteiger partial charge is 0.323 e. The van der Waals surface area contributed by atoms with Gasteiger partial charge in [0, 0.05) is 36.1 Å². The molecule has 1 fully saturated rings. The number of carbonyl (C=O) groups excluding carboxylic acids is 2. The number of nitrogens with one attached hydrogen (secondary N) is 1. The molecule has 190 valence electrons. The zero-order valence-electron chi connectivity index (χ0n) is 20.8. The first-order chi connectivity index (χ1) is 17.7. The van der Waals surface area contributed by atoms with Gasteiger partial charge in [-0.15, -0.1) is 0 Å². The number of pyridine rings is 1. The van der Waals surface area contributed by atoms with E-state index in [9.17, 15) is 18.8 Å². The van der Waals surface area contributed by atoms with Crippen molar-refractivity contribution in [1.82, 2.24) is 14.4 Å². The lowest BCUT2D eigenvalue weighted by Gasteiger charge is -2.20. The Hall–Kier alpha value is -3.82. The standard InChI is InChI=1S/C28H27FN4O3S/c1-17-15-18(9-11-22(17)29)25(35)24-21-10-12-23(34)33(19-7-5-4-6-8-19)27(21)37-26(24)30-28(36)32-14-13-20(16-32)31(2)3/h4-12,15,20H,13-14,16H2,1-3H3,(H,30,36)/t20-/m1/s1. The summed E-state index contributed by atoms with van der Waals surface area (Å²) in [7, 11) is 3.98. The molecule has 0 aliphatic carbocycles. The van der Waals surface area contributed by atoms with Gasteiger partial charge >= 0.3 is 6.03 Å². The van der Waals surface area contributed by atoms with Crippen molar-refractivity contribution in [2.45, 2.75) is 19.4 Å². The molecule has 1 aliphatic heterocycles. The Kier molecular flexibility index (Phi) is 6.66. The Morgan fingerprint density at radius 3 is 2.51 bits per heavy atom. The van der Waals surface area contributed by atoms with E-state index in [1.807, 2.05) is 44.4 Å². The number of nitrogens with zero attached hydrogens (tertiary/aromatic N) is 3. The molecule has 0 spiro atoms. The second-order valence-electron chi connectivity index (χ2n) is 9.44. The predicted molar refractivity (Wildman–Crippen MR) is 145 cm³/mol. The first-order valence-electron chi connectivity index (χ1n) is 12.0. The number of aryl methyl sites for hydroxylation is 1. The first-order valence-corrected chi connectivity index (χ1v) is 12.8. The highest BCUT2D eigenvalue weighted by molar-refractivity contribution is 7.23. The fraction of sp³-hybridized carbons (Fsp3) is 0.250. The van der Waals surface area contributed by atoms with Crippen LogP contribution in [-0.2, 0) is 0 Å². The minimum absolute atomic E-state index is 0.247. The summed E-state index contributed by atoms with van der Waals surface area (Å²) < 4.78 is 15.5. The molecule has 0 radical (unpaired) electrons. The van der Waals surface area contributed by atoms with E-state index < -0.39 is 5.82 Å². The molecule has 37 heavy (non-hydrogen) atoms. The topological polar surface area (TPSA) is 74.7 Å². The van der Waals surface area contributed by atoms with Crippen LogP contribution in [0.3, 0.4) is 0 Å². The molecule has 1 N–H and O–H groups in total. The number of hydrogen-bond acceptors (Lipinski definition) is 5. The van der Waals surface area contributed by atoms with Gasteiger partial charge in [-0.1, -0.05) is 29.5 Å². The molecule has 1 aliphatic rings. The molecule has 0 saturated carbocycles. The van der Waals surface area contributed by atoms with E-state index in [0.717, 1.165) is 6.42 Å². The Bertz CT molecular complexity index is 1560. The number of aromatic nitrogens is 1. The van der Waals surface area contributed by atoms with Gasteiger partial charge in [0.15, 0.2) is 5.78 Å². The van der Waals surface area contributed by atoms with Crippen LogP contribution in [0.25, 0.3) is 15.9 Å². The van der Waals surface area contributed by atoms with Crippen molar-refractivity contribution >= 4 is 38.4 Å². The number of ketones is 1. The molecule has 3 heterocycles. The molecule has 5 rings (SSSR count). The van der Waals surface area contributed by atoms with E-state index in [1.54, 1.807) is 22.5 Å². The number of fused-ring (bicyclic) bond motifs is 1. The van der Waals surface area contributed by atoms with E-state index in [1.165, 1.54) is 35.6 Å². The molecular weight excluding hydrogens is 491 g/mol. The summed E-state index contributed by atoms with van der Waals surface area (Å²) in [6.07, 6.45) is 0.862. The van der Waals surface area contributed by atoms with Gasteiger partial charge in [-0.05, 0) is 69.4 Å². The summed E-state index contributed by atoms with van der Waals surface area (Å²) in [4.78, 5) is 44.4. The molecule has 4 aromatic rings. The Morgan fingerprint density at radius 1 is 1.08 bits per heavy atom. The fourth-order valence-corrected chi connectivity index (χ4v) is 5.87. The van der Waals surface area contributed by atoms with Crippen LogP contribution in [0.5, 0.6) is 0 Å². The average Bonchev–Trinajstić information content (AvgIpc) is 3.51. The number of benzene rings is 2. The number of likely N-dealkylation sites (N-methyl/N-ethyl adjacent to an activating group) is 1. The van der Waals surface area contributed by atoms with Crippen LogP contribution >= 0.6 is 11.3 Å². The van der Waals surface area contributed by atoms with Crippen LogP contribution in [0, 0.1) is 12.7 Å².